The van der Waals surface area contributed by atoms with E-state index in [1.165, 1.54) is 25.0 Å². The van der Waals surface area contributed by atoms with Crippen molar-refractivity contribution in [2.45, 2.75) is 25.7 Å². The van der Waals surface area contributed by atoms with Crippen LogP contribution in [0, 0.1) is 11.7 Å². The maximum Gasteiger partial charge on any atom is 0.239 e. The summed E-state index contributed by atoms with van der Waals surface area (Å²) in [5.74, 6) is -0.236. The van der Waals surface area contributed by atoms with Gasteiger partial charge in [-0.3, -0.25) is 9.59 Å². The van der Waals surface area contributed by atoms with E-state index in [9.17, 15) is 14.0 Å². The molecule has 1 unspecified atom stereocenters. The molecule has 7 heteroatoms. The van der Waals surface area contributed by atoms with Crippen molar-refractivity contribution in [3.8, 4) is 0 Å². The molecule has 3 N–H and O–H groups in total. The number of nitrogens with one attached hydrogen (secondary N) is 3. The average Bonchev–Trinajstić information content (AvgIpc) is 2.54. The number of carbonyl (C=O) groups excluding carboxylic acids is 2. The van der Waals surface area contributed by atoms with Gasteiger partial charge in [-0.1, -0.05) is 12.1 Å². The maximum atomic E-state index is 13.0. The Morgan fingerprint density at radius 2 is 2.08 bits per heavy atom. The Morgan fingerprint density at radius 1 is 1.25 bits per heavy atom. The molecule has 0 bridgehead atoms. The second-order valence-corrected chi connectivity index (χ2v) is 5.93. The number of hydrogen-bond donors (Lipinski definition) is 3. The van der Waals surface area contributed by atoms with Crippen LogP contribution in [0.15, 0.2) is 24.3 Å². The van der Waals surface area contributed by atoms with Crippen LogP contribution < -0.4 is 16.0 Å². The molecule has 0 saturated carbocycles. The molecule has 1 aromatic carbocycles. The van der Waals surface area contributed by atoms with Crippen molar-refractivity contribution in [2.24, 2.45) is 5.92 Å². The summed E-state index contributed by atoms with van der Waals surface area (Å²) in [6, 6.07) is 5.89. The smallest absolute Gasteiger partial charge is 0.239 e. The van der Waals surface area contributed by atoms with Crippen LogP contribution in [-0.4, -0.2) is 38.0 Å². The minimum absolute atomic E-state index is 0. The zero-order valence-corrected chi connectivity index (χ0v) is 14.5. The summed E-state index contributed by atoms with van der Waals surface area (Å²) in [5.41, 5.74) is 0.590. The topological polar surface area (TPSA) is 70.2 Å². The second-order valence-electron chi connectivity index (χ2n) is 5.93. The van der Waals surface area contributed by atoms with Gasteiger partial charge < -0.3 is 16.0 Å². The molecule has 1 aliphatic rings. The molecule has 24 heavy (non-hydrogen) atoms. The summed E-state index contributed by atoms with van der Waals surface area (Å²) in [6.45, 7) is 2.68. The normalized spacial score (nSPS) is 16.8. The van der Waals surface area contributed by atoms with Crippen LogP contribution in [0.4, 0.5) is 4.39 Å². The molecule has 0 aromatic heterocycles. The first kappa shape index (κ1) is 20.4. The molecule has 1 aliphatic heterocycles. The van der Waals surface area contributed by atoms with Crippen molar-refractivity contribution in [1.29, 1.82) is 0 Å². The largest absolute Gasteiger partial charge is 0.355 e. The molecule has 2 rings (SSSR count). The molecule has 0 radical (unpaired) electrons. The number of piperidine rings is 1. The van der Waals surface area contributed by atoms with Gasteiger partial charge in [0.1, 0.15) is 5.82 Å². The lowest BCUT2D eigenvalue weighted by Crippen LogP contribution is -2.39. The highest BCUT2D eigenvalue weighted by molar-refractivity contribution is 5.86. The van der Waals surface area contributed by atoms with E-state index in [1.54, 1.807) is 12.1 Å². The number of rotatable bonds is 7. The summed E-state index contributed by atoms with van der Waals surface area (Å²) < 4.78 is 13.0. The number of hydrogen-bond acceptors (Lipinski definition) is 3. The number of halogens is 2. The van der Waals surface area contributed by atoms with Crippen LogP contribution >= 0.6 is 12.4 Å². The lowest BCUT2D eigenvalue weighted by molar-refractivity contribution is -0.125. The van der Waals surface area contributed by atoms with Gasteiger partial charge in [-0.25, -0.2) is 4.39 Å². The van der Waals surface area contributed by atoms with Gasteiger partial charge in [0.2, 0.25) is 11.8 Å². The number of carbonyl (C=O) groups is 2. The Labute approximate surface area is 148 Å². The first-order valence-electron chi connectivity index (χ1n) is 8.12. The SMILES string of the molecule is Cl.O=C(CNC(=O)Cc1cccc(F)c1)NCCC1CCCNC1. The third kappa shape index (κ3) is 7.75. The standard InChI is InChI=1S/C17H24FN3O2.ClH/c18-15-5-1-3-14(9-15)10-16(22)21-12-17(23)20-8-6-13-4-2-7-19-11-13;/h1,3,5,9,13,19H,2,4,6-8,10-12H2,(H,20,23)(H,21,22);1H. The Kier molecular flexibility index (Phi) is 9.34. The van der Waals surface area contributed by atoms with Crippen LogP contribution in [0.3, 0.4) is 0 Å². The fourth-order valence-corrected chi connectivity index (χ4v) is 2.72. The summed E-state index contributed by atoms with van der Waals surface area (Å²) in [7, 11) is 0. The van der Waals surface area contributed by atoms with Crippen molar-refractivity contribution in [3.63, 3.8) is 0 Å². The third-order valence-electron chi connectivity index (χ3n) is 3.97. The quantitative estimate of drug-likeness (QED) is 0.691. The fraction of sp³-hybridized carbons (Fsp3) is 0.529. The average molecular weight is 358 g/mol. The van der Waals surface area contributed by atoms with Crippen LogP contribution in [0.25, 0.3) is 0 Å². The minimum atomic E-state index is -0.370. The lowest BCUT2D eigenvalue weighted by Gasteiger charge is -2.22. The van der Waals surface area contributed by atoms with E-state index >= 15 is 0 Å². The molecular formula is C17H25ClFN3O2. The maximum absolute atomic E-state index is 13.0. The summed E-state index contributed by atoms with van der Waals surface area (Å²) in [5, 5.41) is 8.71. The van der Waals surface area contributed by atoms with E-state index in [2.05, 4.69) is 16.0 Å². The molecule has 1 atom stereocenters. The molecule has 1 heterocycles. The predicted octanol–water partition coefficient (Wildman–Crippen LogP) is 1.41. The van der Waals surface area contributed by atoms with Gasteiger partial charge in [0.25, 0.3) is 0 Å². The van der Waals surface area contributed by atoms with E-state index in [-0.39, 0.29) is 43.0 Å². The monoisotopic (exact) mass is 357 g/mol. The fourth-order valence-electron chi connectivity index (χ4n) is 2.72. The molecule has 1 saturated heterocycles. The van der Waals surface area contributed by atoms with Crippen molar-refractivity contribution in [2.75, 3.05) is 26.2 Å². The summed E-state index contributed by atoms with van der Waals surface area (Å²) in [6.07, 6.45) is 3.41. The van der Waals surface area contributed by atoms with Gasteiger partial charge in [0.15, 0.2) is 0 Å². The molecule has 1 aromatic rings. The van der Waals surface area contributed by atoms with Gasteiger partial charge in [0, 0.05) is 6.54 Å². The minimum Gasteiger partial charge on any atom is -0.355 e. The first-order valence-corrected chi connectivity index (χ1v) is 8.12. The van der Waals surface area contributed by atoms with Gasteiger partial charge >= 0.3 is 0 Å². The van der Waals surface area contributed by atoms with E-state index in [1.807, 2.05) is 0 Å². The predicted molar refractivity (Wildman–Crippen MR) is 93.6 cm³/mol. The highest BCUT2D eigenvalue weighted by Crippen LogP contribution is 2.12. The van der Waals surface area contributed by atoms with E-state index in [0.29, 0.717) is 18.0 Å². The number of amides is 2. The Bertz CT molecular complexity index is 536. The summed E-state index contributed by atoms with van der Waals surface area (Å²) >= 11 is 0. The summed E-state index contributed by atoms with van der Waals surface area (Å²) in [4.78, 5) is 23.4. The second kappa shape index (κ2) is 11.0. The van der Waals surface area contributed by atoms with Crippen molar-refractivity contribution in [3.05, 3.63) is 35.6 Å². The van der Waals surface area contributed by atoms with Gasteiger partial charge in [-0.15, -0.1) is 12.4 Å². The molecule has 0 aliphatic carbocycles. The van der Waals surface area contributed by atoms with E-state index in [4.69, 9.17) is 0 Å². The molecule has 5 nitrogen and oxygen atoms in total. The molecule has 2 amide bonds. The highest BCUT2D eigenvalue weighted by atomic mass is 35.5. The van der Waals surface area contributed by atoms with Crippen LogP contribution in [0.2, 0.25) is 0 Å². The molecule has 1 fully saturated rings. The van der Waals surface area contributed by atoms with Crippen LogP contribution in [0.1, 0.15) is 24.8 Å². The van der Waals surface area contributed by atoms with Gasteiger partial charge in [-0.05, 0) is 56.0 Å². The van der Waals surface area contributed by atoms with E-state index in [0.717, 1.165) is 19.5 Å². The zero-order valence-electron chi connectivity index (χ0n) is 13.6. The lowest BCUT2D eigenvalue weighted by atomic mass is 9.96. The van der Waals surface area contributed by atoms with Gasteiger partial charge in [0.05, 0.1) is 13.0 Å². The molecular weight excluding hydrogens is 333 g/mol. The Hall–Kier alpha value is -1.66. The van der Waals surface area contributed by atoms with Crippen molar-refractivity contribution < 1.29 is 14.0 Å². The Balaban J connectivity index is 0.00000288. The highest BCUT2D eigenvalue weighted by Gasteiger charge is 2.13. The van der Waals surface area contributed by atoms with Crippen LogP contribution in [0.5, 0.6) is 0 Å². The third-order valence-corrected chi connectivity index (χ3v) is 3.97. The van der Waals surface area contributed by atoms with E-state index < -0.39 is 0 Å². The van der Waals surface area contributed by atoms with Crippen molar-refractivity contribution >= 4 is 24.2 Å². The molecule has 134 valence electrons. The zero-order chi connectivity index (χ0) is 16.5. The Morgan fingerprint density at radius 3 is 2.79 bits per heavy atom. The number of benzene rings is 1. The van der Waals surface area contributed by atoms with Gasteiger partial charge in [-0.2, -0.15) is 0 Å². The van der Waals surface area contributed by atoms with Crippen molar-refractivity contribution in [1.82, 2.24) is 16.0 Å². The first-order chi connectivity index (χ1) is 11.1. The molecule has 0 spiro atoms. The van der Waals surface area contributed by atoms with Crippen LogP contribution in [-0.2, 0) is 16.0 Å².